The van der Waals surface area contributed by atoms with E-state index in [1.54, 1.807) is 65.6 Å². The maximum atomic E-state index is 13.5. The fourth-order valence-corrected chi connectivity index (χ4v) is 5.22. The highest BCUT2D eigenvalue weighted by atomic mass is 19.4. The first kappa shape index (κ1) is 29.2. The maximum absolute atomic E-state index is 13.5. The lowest BCUT2D eigenvalue weighted by molar-refractivity contribution is -0.188. The highest BCUT2D eigenvalue weighted by Gasteiger charge is 2.44. The molecule has 8 nitrogen and oxygen atoms in total. The minimum absolute atomic E-state index is 0.0149. The molecule has 220 valence electrons. The Hall–Kier alpha value is -4.35. The number of furan rings is 1. The Morgan fingerprint density at radius 3 is 2.55 bits per heavy atom. The van der Waals surface area contributed by atoms with Crippen molar-refractivity contribution in [3.63, 3.8) is 0 Å². The maximum Gasteiger partial charge on any atom is 0.393 e. The molecule has 1 fully saturated rings. The van der Waals surface area contributed by atoms with E-state index in [2.05, 4.69) is 5.32 Å². The summed E-state index contributed by atoms with van der Waals surface area (Å²) in [5, 5.41) is 3.55. The van der Waals surface area contributed by atoms with Gasteiger partial charge in [0.25, 0.3) is 5.91 Å². The molecule has 0 radical (unpaired) electrons. The molecule has 3 aromatic carbocycles. The molecule has 2 amide bonds. The minimum atomic E-state index is -4.30. The van der Waals surface area contributed by atoms with E-state index in [-0.39, 0.29) is 43.2 Å². The Morgan fingerprint density at radius 2 is 1.83 bits per heavy atom. The smallest absolute Gasteiger partial charge is 0.393 e. The van der Waals surface area contributed by atoms with Gasteiger partial charge in [-0.3, -0.25) is 9.69 Å². The first-order valence-corrected chi connectivity index (χ1v) is 13.7. The molecule has 0 bridgehead atoms. The third-order valence-corrected chi connectivity index (χ3v) is 7.56. The van der Waals surface area contributed by atoms with E-state index in [4.69, 9.17) is 14.9 Å². The van der Waals surface area contributed by atoms with Gasteiger partial charge in [0.15, 0.2) is 0 Å². The van der Waals surface area contributed by atoms with E-state index >= 15 is 0 Å². The zero-order valence-corrected chi connectivity index (χ0v) is 22.8. The lowest BCUT2D eigenvalue weighted by Gasteiger charge is -2.38. The third-order valence-electron chi connectivity index (χ3n) is 7.56. The molecular weight excluding hydrogens is 549 g/mol. The minimum Gasteiger partial charge on any atom is -0.488 e. The fraction of sp³-hybridized carbons (Fsp3) is 0.290. The quantitative estimate of drug-likeness (QED) is 0.135. The number of piperidine rings is 1. The topological polar surface area (TPSA) is 97.8 Å². The van der Waals surface area contributed by atoms with Crippen molar-refractivity contribution >= 4 is 40.5 Å². The highest BCUT2D eigenvalue weighted by Crippen LogP contribution is 2.35. The number of carbonyl (C=O) groups is 2. The molecule has 5 rings (SSSR count). The number of fused-ring (bicyclic) bond motifs is 1. The van der Waals surface area contributed by atoms with Crippen LogP contribution in [-0.4, -0.2) is 56.3 Å². The molecule has 42 heavy (non-hydrogen) atoms. The number of halogens is 3. The number of alkyl halides is 3. The van der Waals surface area contributed by atoms with Gasteiger partial charge < -0.3 is 20.2 Å². The van der Waals surface area contributed by atoms with Crippen LogP contribution in [0.4, 0.5) is 30.4 Å². The average molecular weight is 582 g/mol. The van der Waals surface area contributed by atoms with E-state index < -0.39 is 12.1 Å². The number of nitrogens with two attached hydrogens (primary N) is 1. The van der Waals surface area contributed by atoms with Gasteiger partial charge in [0.1, 0.15) is 31.2 Å². The summed E-state index contributed by atoms with van der Waals surface area (Å²) in [4.78, 5) is 27.1. The molecule has 11 heteroatoms. The number of nitrogens with zero attached hydrogens (tertiary/aromatic N) is 2. The zero-order chi connectivity index (χ0) is 29.7. The second-order valence-corrected chi connectivity index (χ2v) is 10.5. The predicted molar refractivity (Wildman–Crippen MR) is 155 cm³/mol. The number of ether oxygens (including phenoxy) is 1. The second kappa shape index (κ2) is 12.3. The number of anilines is 2. The third kappa shape index (κ3) is 6.58. The summed E-state index contributed by atoms with van der Waals surface area (Å²) in [6.07, 6.45) is -3.13. The van der Waals surface area contributed by atoms with Crippen molar-refractivity contribution in [3.8, 4) is 5.75 Å². The molecule has 1 aromatic heterocycles. The Bertz CT molecular complexity index is 1510. The summed E-state index contributed by atoms with van der Waals surface area (Å²) in [7, 11) is 0. The van der Waals surface area contributed by atoms with E-state index in [1.165, 1.54) is 0 Å². The summed E-state index contributed by atoms with van der Waals surface area (Å²) in [5.74, 6) is -0.980. The van der Waals surface area contributed by atoms with Crippen LogP contribution in [0.1, 0.15) is 23.2 Å². The van der Waals surface area contributed by atoms with Crippen molar-refractivity contribution in [1.82, 2.24) is 9.38 Å². The van der Waals surface area contributed by atoms with Crippen LogP contribution < -0.4 is 20.3 Å². The Labute approximate surface area is 241 Å². The predicted octanol–water partition coefficient (Wildman–Crippen LogP) is 6.04. The molecule has 1 saturated heterocycles. The van der Waals surface area contributed by atoms with Gasteiger partial charge in [-0.15, -0.1) is 0 Å². The standard InChI is InChI=1S/C31H31F3N4O4/c32-31(33,34)24-7-5-15-37(19-24)20-38(21-39,29-18-23-6-1-4-10-28(23)42-29)16-17-41-25-13-11-22(12-14-25)30(40)36-27-9-3-2-8-26(27)35/h1-4,6,8-14,18,21,24H,5,7,15-17,19-20,35H2/p+1. The van der Waals surface area contributed by atoms with Gasteiger partial charge in [-0.2, -0.15) is 17.7 Å². The number of carbonyl (C=O) groups excluding carboxylic acids is 2. The molecular formula is C31H32F3N4O4+. The number of likely N-dealkylation sites (tertiary alicyclic amines) is 1. The van der Waals surface area contributed by atoms with E-state index in [1.807, 2.05) is 18.2 Å². The van der Waals surface area contributed by atoms with Crippen LogP contribution >= 0.6 is 0 Å². The number of benzene rings is 3. The molecule has 2 heterocycles. The van der Waals surface area contributed by atoms with Crippen LogP contribution in [0.25, 0.3) is 11.0 Å². The lowest BCUT2D eigenvalue weighted by Crippen LogP contribution is -2.58. The molecule has 3 N–H and O–H groups in total. The van der Waals surface area contributed by atoms with Crippen LogP contribution in [0.3, 0.4) is 0 Å². The first-order valence-electron chi connectivity index (χ1n) is 13.7. The molecule has 4 aromatic rings. The Kier molecular flexibility index (Phi) is 8.51. The summed E-state index contributed by atoms with van der Waals surface area (Å²) in [5.41, 5.74) is 7.83. The van der Waals surface area contributed by atoms with Crippen molar-refractivity contribution < 1.29 is 31.9 Å². The van der Waals surface area contributed by atoms with Crippen molar-refractivity contribution in [2.24, 2.45) is 5.92 Å². The number of nitrogen functional groups attached to an aromatic ring is 1. The molecule has 0 aliphatic carbocycles. The largest absolute Gasteiger partial charge is 0.488 e. The summed E-state index contributed by atoms with van der Waals surface area (Å²) in [6, 6.07) is 22.5. The van der Waals surface area contributed by atoms with E-state index in [0.717, 1.165) is 5.39 Å². The van der Waals surface area contributed by atoms with Crippen LogP contribution in [0.2, 0.25) is 0 Å². The van der Waals surface area contributed by atoms with E-state index in [9.17, 15) is 22.8 Å². The van der Waals surface area contributed by atoms with Crippen molar-refractivity contribution in [2.75, 3.05) is 44.0 Å². The van der Waals surface area contributed by atoms with E-state index in [0.29, 0.717) is 53.5 Å². The van der Waals surface area contributed by atoms with Gasteiger partial charge in [0, 0.05) is 24.0 Å². The zero-order valence-electron chi connectivity index (χ0n) is 22.8. The number of quaternary nitrogens is 1. The van der Waals surface area contributed by atoms with Gasteiger partial charge >= 0.3 is 18.5 Å². The number of nitrogens with one attached hydrogen (secondary N) is 1. The van der Waals surface area contributed by atoms with Crippen LogP contribution in [0, 0.1) is 5.92 Å². The molecule has 0 saturated carbocycles. The number of hydrogen-bond acceptors (Lipinski definition) is 6. The number of amides is 2. The van der Waals surface area contributed by atoms with Gasteiger partial charge in [-0.1, -0.05) is 30.3 Å². The fourth-order valence-electron chi connectivity index (χ4n) is 5.22. The van der Waals surface area contributed by atoms with Gasteiger partial charge in [-0.25, -0.2) is 4.79 Å². The van der Waals surface area contributed by atoms with Gasteiger partial charge in [0.05, 0.1) is 23.4 Å². The molecule has 2 unspecified atom stereocenters. The number of hydrogen-bond donors (Lipinski definition) is 2. The summed E-state index contributed by atoms with van der Waals surface area (Å²) >= 11 is 0. The van der Waals surface area contributed by atoms with Crippen molar-refractivity contribution in [1.29, 1.82) is 0 Å². The molecule has 0 spiro atoms. The molecule has 2 atom stereocenters. The monoisotopic (exact) mass is 581 g/mol. The molecule has 1 aliphatic heterocycles. The summed E-state index contributed by atoms with van der Waals surface area (Å²) < 4.78 is 52.2. The van der Waals surface area contributed by atoms with Crippen molar-refractivity contribution in [3.05, 3.63) is 84.4 Å². The van der Waals surface area contributed by atoms with Crippen LogP contribution in [-0.2, 0) is 4.79 Å². The highest BCUT2D eigenvalue weighted by molar-refractivity contribution is 6.05. The van der Waals surface area contributed by atoms with Crippen LogP contribution in [0.5, 0.6) is 5.75 Å². The van der Waals surface area contributed by atoms with Crippen molar-refractivity contribution in [2.45, 2.75) is 19.0 Å². The van der Waals surface area contributed by atoms with Gasteiger partial charge in [0.2, 0.25) is 0 Å². The Balaban J connectivity index is 1.30. The van der Waals surface area contributed by atoms with Crippen LogP contribution in [0.15, 0.2) is 83.3 Å². The lowest BCUT2D eigenvalue weighted by atomic mass is 9.98. The normalized spacial score (nSPS) is 17.5. The van der Waals surface area contributed by atoms with Gasteiger partial charge in [-0.05, 0) is 55.3 Å². The second-order valence-electron chi connectivity index (χ2n) is 10.5. The molecule has 1 aliphatic rings. The first-order chi connectivity index (χ1) is 20.2. The Morgan fingerprint density at radius 1 is 1.10 bits per heavy atom. The summed E-state index contributed by atoms with van der Waals surface area (Å²) in [6.45, 7) is 0.460. The number of para-hydroxylation sites is 3. The number of rotatable bonds is 10. The average Bonchev–Trinajstić information content (AvgIpc) is 3.43. The SMILES string of the molecule is Nc1ccccc1NC(=O)c1ccc(OCC[N+](C=O)(CN2CCCC(C(F)(F)F)C2)c2cc3ccccc3o2)cc1.